The minimum atomic E-state index is 0.126. The van der Waals surface area contributed by atoms with E-state index in [-0.39, 0.29) is 5.92 Å². The lowest BCUT2D eigenvalue weighted by atomic mass is 9.96. The first-order chi connectivity index (χ1) is 13.3. The van der Waals surface area contributed by atoms with Gasteiger partial charge in [0.1, 0.15) is 5.82 Å². The standard InChI is InChI=1S/C20H28N6O/c27-20(24-11-3-1-2-4-12-24)15-13-25(14-15)19-16-5-8-21-9-6-17(16)23-18-7-10-22-26(18)19/h7,10,15,21H,1-6,8-9,11-14H2. The molecule has 0 bridgehead atoms. The number of rotatable bonds is 2. The summed E-state index contributed by atoms with van der Waals surface area (Å²) < 4.78 is 1.97. The Bertz CT molecular complexity index is 832. The molecule has 3 aliphatic rings. The second-order valence-electron chi connectivity index (χ2n) is 8.05. The molecule has 0 aliphatic carbocycles. The van der Waals surface area contributed by atoms with E-state index in [1.165, 1.54) is 24.1 Å². The van der Waals surface area contributed by atoms with Crippen molar-refractivity contribution in [2.75, 3.05) is 44.2 Å². The van der Waals surface area contributed by atoms with E-state index in [9.17, 15) is 4.79 Å². The van der Waals surface area contributed by atoms with Crippen LogP contribution in [0.2, 0.25) is 0 Å². The van der Waals surface area contributed by atoms with Crippen molar-refractivity contribution in [2.45, 2.75) is 38.5 Å². The summed E-state index contributed by atoms with van der Waals surface area (Å²) >= 11 is 0. The smallest absolute Gasteiger partial charge is 0.229 e. The van der Waals surface area contributed by atoms with Crippen molar-refractivity contribution in [3.63, 3.8) is 0 Å². The van der Waals surface area contributed by atoms with Gasteiger partial charge < -0.3 is 15.1 Å². The number of fused-ring (bicyclic) bond motifs is 2. The number of nitrogens with one attached hydrogen (secondary N) is 1. The van der Waals surface area contributed by atoms with Crippen LogP contribution in [0.15, 0.2) is 12.3 Å². The summed E-state index contributed by atoms with van der Waals surface area (Å²) in [7, 11) is 0. The van der Waals surface area contributed by atoms with E-state index in [1.54, 1.807) is 0 Å². The van der Waals surface area contributed by atoms with Crippen LogP contribution in [0.1, 0.15) is 36.9 Å². The molecule has 7 heteroatoms. The van der Waals surface area contributed by atoms with Crippen LogP contribution in [0, 0.1) is 5.92 Å². The summed E-state index contributed by atoms with van der Waals surface area (Å²) in [4.78, 5) is 22.2. The number of aromatic nitrogens is 3. The lowest BCUT2D eigenvalue weighted by molar-refractivity contribution is -0.136. The third kappa shape index (κ3) is 3.08. The van der Waals surface area contributed by atoms with E-state index in [2.05, 4.69) is 20.2 Å². The average molecular weight is 368 g/mol. The summed E-state index contributed by atoms with van der Waals surface area (Å²) in [6, 6.07) is 1.97. The molecule has 7 nitrogen and oxygen atoms in total. The van der Waals surface area contributed by atoms with E-state index in [4.69, 9.17) is 4.98 Å². The Balaban J connectivity index is 1.38. The van der Waals surface area contributed by atoms with Crippen LogP contribution in [0.3, 0.4) is 0 Å². The first-order valence-corrected chi connectivity index (χ1v) is 10.4. The molecule has 2 aromatic rings. The fourth-order valence-corrected chi connectivity index (χ4v) is 4.70. The van der Waals surface area contributed by atoms with Crippen molar-refractivity contribution in [3.8, 4) is 0 Å². The second-order valence-corrected chi connectivity index (χ2v) is 8.05. The van der Waals surface area contributed by atoms with Crippen LogP contribution in [-0.2, 0) is 17.6 Å². The van der Waals surface area contributed by atoms with Crippen molar-refractivity contribution in [3.05, 3.63) is 23.5 Å². The van der Waals surface area contributed by atoms with Crippen LogP contribution in [0.5, 0.6) is 0 Å². The summed E-state index contributed by atoms with van der Waals surface area (Å²) in [6.07, 6.45) is 8.57. The molecule has 0 atom stereocenters. The highest BCUT2D eigenvalue weighted by Crippen LogP contribution is 2.32. The van der Waals surface area contributed by atoms with Gasteiger partial charge >= 0.3 is 0 Å². The summed E-state index contributed by atoms with van der Waals surface area (Å²) in [6.45, 7) is 5.42. The van der Waals surface area contributed by atoms with Gasteiger partial charge in [-0.05, 0) is 25.8 Å². The van der Waals surface area contributed by atoms with E-state index < -0.39 is 0 Å². The molecule has 3 aliphatic heterocycles. The number of amides is 1. The van der Waals surface area contributed by atoms with Gasteiger partial charge in [-0.2, -0.15) is 9.61 Å². The number of hydrogen-bond donors (Lipinski definition) is 1. The molecule has 144 valence electrons. The molecule has 0 aromatic carbocycles. The van der Waals surface area contributed by atoms with Gasteiger partial charge in [-0.1, -0.05) is 12.8 Å². The highest BCUT2D eigenvalue weighted by Gasteiger charge is 2.38. The Morgan fingerprint density at radius 2 is 1.85 bits per heavy atom. The van der Waals surface area contributed by atoms with Gasteiger partial charge in [0.25, 0.3) is 0 Å². The molecule has 5 rings (SSSR count). The molecule has 2 aromatic heterocycles. The zero-order valence-electron chi connectivity index (χ0n) is 15.9. The molecule has 2 saturated heterocycles. The number of nitrogens with zero attached hydrogens (tertiary/aromatic N) is 5. The molecule has 0 radical (unpaired) electrons. The third-order valence-electron chi connectivity index (χ3n) is 6.23. The van der Waals surface area contributed by atoms with Crippen molar-refractivity contribution in [1.82, 2.24) is 24.8 Å². The molecule has 1 N–H and O–H groups in total. The zero-order valence-corrected chi connectivity index (χ0v) is 15.9. The predicted octanol–water partition coefficient (Wildman–Crippen LogP) is 1.26. The third-order valence-corrected chi connectivity index (χ3v) is 6.23. The highest BCUT2D eigenvalue weighted by atomic mass is 16.2. The maximum atomic E-state index is 12.9. The maximum absolute atomic E-state index is 12.9. The van der Waals surface area contributed by atoms with Gasteiger partial charge in [0.05, 0.1) is 17.8 Å². The normalized spacial score (nSPS) is 21.5. The Labute approximate surface area is 159 Å². The van der Waals surface area contributed by atoms with Crippen LogP contribution in [0.25, 0.3) is 5.65 Å². The lowest BCUT2D eigenvalue weighted by Gasteiger charge is -2.42. The monoisotopic (exact) mass is 368 g/mol. The number of carbonyl (C=O) groups is 1. The first kappa shape index (κ1) is 17.0. The topological polar surface area (TPSA) is 65.8 Å². The van der Waals surface area contributed by atoms with Crippen LogP contribution in [0.4, 0.5) is 5.82 Å². The van der Waals surface area contributed by atoms with Crippen molar-refractivity contribution in [2.24, 2.45) is 5.92 Å². The molecular formula is C20H28N6O. The number of carbonyl (C=O) groups excluding carboxylic acids is 1. The quantitative estimate of drug-likeness (QED) is 0.864. The maximum Gasteiger partial charge on any atom is 0.229 e. The summed E-state index contributed by atoms with van der Waals surface area (Å²) in [5.74, 6) is 1.64. The van der Waals surface area contributed by atoms with Crippen molar-refractivity contribution >= 4 is 17.4 Å². The zero-order chi connectivity index (χ0) is 18.2. The van der Waals surface area contributed by atoms with Gasteiger partial charge in [0.15, 0.2) is 5.65 Å². The molecule has 0 saturated carbocycles. The van der Waals surface area contributed by atoms with Crippen molar-refractivity contribution in [1.29, 1.82) is 0 Å². The van der Waals surface area contributed by atoms with Gasteiger partial charge in [-0.3, -0.25) is 4.79 Å². The summed E-state index contributed by atoms with van der Waals surface area (Å²) in [5, 5.41) is 8.00. The summed E-state index contributed by atoms with van der Waals surface area (Å²) in [5.41, 5.74) is 3.40. The van der Waals surface area contributed by atoms with E-state index in [1.807, 2.05) is 16.8 Å². The minimum Gasteiger partial charge on any atom is -0.354 e. The number of likely N-dealkylation sites (tertiary alicyclic amines) is 1. The largest absolute Gasteiger partial charge is 0.354 e. The van der Waals surface area contributed by atoms with Gasteiger partial charge in [0.2, 0.25) is 5.91 Å². The molecule has 1 amide bonds. The van der Waals surface area contributed by atoms with E-state index in [0.717, 1.165) is 76.4 Å². The van der Waals surface area contributed by atoms with Gasteiger partial charge in [-0.15, -0.1) is 0 Å². The number of hydrogen-bond acceptors (Lipinski definition) is 5. The second kappa shape index (κ2) is 7.11. The lowest BCUT2D eigenvalue weighted by Crippen LogP contribution is -2.55. The fraction of sp³-hybridized carbons (Fsp3) is 0.650. The Kier molecular flexibility index (Phi) is 4.47. The Morgan fingerprint density at radius 3 is 2.67 bits per heavy atom. The Hall–Kier alpha value is -2.15. The van der Waals surface area contributed by atoms with Crippen LogP contribution < -0.4 is 10.2 Å². The molecule has 5 heterocycles. The SMILES string of the molecule is O=C(C1CN(c2c3c(nc4ccnn24)CCNCC3)C1)N1CCCCCC1. The van der Waals surface area contributed by atoms with Gasteiger partial charge in [-0.25, -0.2) is 4.98 Å². The molecular weight excluding hydrogens is 340 g/mol. The van der Waals surface area contributed by atoms with Crippen LogP contribution >= 0.6 is 0 Å². The number of anilines is 1. The molecule has 2 fully saturated rings. The van der Waals surface area contributed by atoms with E-state index in [0.29, 0.717) is 5.91 Å². The molecule has 0 spiro atoms. The average Bonchev–Trinajstić information content (AvgIpc) is 2.84. The highest BCUT2D eigenvalue weighted by molar-refractivity contribution is 5.82. The van der Waals surface area contributed by atoms with Crippen molar-refractivity contribution < 1.29 is 4.79 Å². The first-order valence-electron chi connectivity index (χ1n) is 10.4. The molecule has 27 heavy (non-hydrogen) atoms. The minimum absolute atomic E-state index is 0.126. The van der Waals surface area contributed by atoms with Gasteiger partial charge in [0, 0.05) is 50.8 Å². The van der Waals surface area contributed by atoms with Crippen LogP contribution in [-0.4, -0.2) is 64.7 Å². The fourth-order valence-electron chi connectivity index (χ4n) is 4.70. The molecule has 0 unspecified atom stereocenters. The Morgan fingerprint density at radius 1 is 1.07 bits per heavy atom. The predicted molar refractivity (Wildman–Crippen MR) is 104 cm³/mol. The van der Waals surface area contributed by atoms with E-state index >= 15 is 0 Å².